The number of imidazole rings is 1. The lowest BCUT2D eigenvalue weighted by Crippen LogP contribution is -2.33. The fraction of sp³-hybridized carbons (Fsp3) is 0.444. The highest BCUT2D eigenvalue weighted by molar-refractivity contribution is 8.00. The minimum atomic E-state index is -0.224. The standard InChI is InChI=1S/C18H25N3O2S/c1-13-14(2)21(11-12-23-5)18(19-13)24-15(3)17(22)20(4)16-9-7-6-8-10-16/h6-10,15H,11-12H2,1-5H3. The van der Waals surface area contributed by atoms with E-state index in [1.54, 1.807) is 12.0 Å². The lowest BCUT2D eigenvalue weighted by Gasteiger charge is -2.21. The van der Waals surface area contributed by atoms with E-state index < -0.39 is 0 Å². The summed E-state index contributed by atoms with van der Waals surface area (Å²) >= 11 is 1.49. The van der Waals surface area contributed by atoms with Gasteiger partial charge in [-0.3, -0.25) is 4.79 Å². The van der Waals surface area contributed by atoms with Crippen LogP contribution in [0.2, 0.25) is 0 Å². The first kappa shape index (κ1) is 18.5. The molecule has 2 aromatic rings. The fourth-order valence-corrected chi connectivity index (χ4v) is 3.54. The van der Waals surface area contributed by atoms with Gasteiger partial charge in [-0.1, -0.05) is 30.0 Å². The predicted molar refractivity (Wildman–Crippen MR) is 98.7 cm³/mol. The van der Waals surface area contributed by atoms with Gasteiger partial charge in [-0.2, -0.15) is 0 Å². The molecule has 1 aromatic carbocycles. The summed E-state index contributed by atoms with van der Waals surface area (Å²) in [5, 5.41) is 0.641. The Morgan fingerprint density at radius 1 is 1.33 bits per heavy atom. The van der Waals surface area contributed by atoms with Crippen LogP contribution in [0.5, 0.6) is 0 Å². The molecule has 0 bridgehead atoms. The SMILES string of the molecule is COCCn1c(SC(C)C(=O)N(C)c2ccccc2)nc(C)c1C. The Balaban J connectivity index is 2.13. The van der Waals surface area contributed by atoms with E-state index >= 15 is 0 Å². The summed E-state index contributed by atoms with van der Waals surface area (Å²) in [4.78, 5) is 19.0. The number of rotatable bonds is 7. The summed E-state index contributed by atoms with van der Waals surface area (Å²) in [5.41, 5.74) is 3.00. The smallest absolute Gasteiger partial charge is 0.240 e. The maximum Gasteiger partial charge on any atom is 0.240 e. The molecule has 0 radical (unpaired) electrons. The summed E-state index contributed by atoms with van der Waals surface area (Å²) in [6.07, 6.45) is 0. The zero-order valence-corrected chi connectivity index (χ0v) is 15.8. The molecule has 6 heteroatoms. The number of carbonyl (C=O) groups excluding carboxylic acids is 1. The highest BCUT2D eigenvalue weighted by atomic mass is 32.2. The van der Waals surface area contributed by atoms with Crippen LogP contribution in [0, 0.1) is 13.8 Å². The second-order valence-electron chi connectivity index (χ2n) is 5.70. The molecule has 1 amide bonds. The minimum Gasteiger partial charge on any atom is -0.383 e. The number of anilines is 1. The number of aryl methyl sites for hydroxylation is 1. The van der Waals surface area contributed by atoms with Gasteiger partial charge in [0, 0.05) is 32.1 Å². The van der Waals surface area contributed by atoms with Gasteiger partial charge >= 0.3 is 0 Å². The Labute approximate surface area is 148 Å². The fourth-order valence-electron chi connectivity index (χ4n) is 2.42. The normalized spacial score (nSPS) is 12.2. The number of hydrogen-bond donors (Lipinski definition) is 0. The van der Waals surface area contributed by atoms with Crippen LogP contribution in [0.4, 0.5) is 5.69 Å². The molecule has 0 aliphatic rings. The van der Waals surface area contributed by atoms with Crippen molar-refractivity contribution in [3.05, 3.63) is 41.7 Å². The summed E-state index contributed by atoms with van der Waals surface area (Å²) in [6.45, 7) is 7.32. The van der Waals surface area contributed by atoms with Crippen molar-refractivity contribution >= 4 is 23.4 Å². The monoisotopic (exact) mass is 347 g/mol. The predicted octanol–water partition coefficient (Wildman–Crippen LogP) is 3.29. The molecular formula is C18H25N3O2S. The topological polar surface area (TPSA) is 47.4 Å². The number of methoxy groups -OCH3 is 1. The van der Waals surface area contributed by atoms with Crippen molar-refractivity contribution in [3.8, 4) is 0 Å². The first-order chi connectivity index (χ1) is 11.5. The molecule has 130 valence electrons. The summed E-state index contributed by atoms with van der Waals surface area (Å²) < 4.78 is 7.30. The van der Waals surface area contributed by atoms with E-state index in [9.17, 15) is 4.79 Å². The van der Waals surface area contributed by atoms with Crippen molar-refractivity contribution in [2.24, 2.45) is 0 Å². The minimum absolute atomic E-state index is 0.0581. The summed E-state index contributed by atoms with van der Waals surface area (Å²) in [7, 11) is 3.50. The van der Waals surface area contributed by atoms with Crippen LogP contribution in [0.1, 0.15) is 18.3 Å². The van der Waals surface area contributed by atoms with E-state index in [-0.39, 0.29) is 11.2 Å². The van der Waals surface area contributed by atoms with Gasteiger partial charge in [0.25, 0.3) is 0 Å². The van der Waals surface area contributed by atoms with Gasteiger partial charge in [-0.25, -0.2) is 4.98 Å². The van der Waals surface area contributed by atoms with E-state index in [0.29, 0.717) is 6.61 Å². The molecule has 0 aliphatic heterocycles. The molecule has 0 fully saturated rings. The molecular weight excluding hydrogens is 322 g/mol. The zero-order chi connectivity index (χ0) is 17.7. The molecule has 1 atom stereocenters. The molecule has 0 saturated heterocycles. The number of para-hydroxylation sites is 1. The summed E-state index contributed by atoms with van der Waals surface area (Å²) in [6, 6.07) is 9.67. The van der Waals surface area contributed by atoms with Crippen molar-refractivity contribution in [1.29, 1.82) is 0 Å². The lowest BCUT2D eigenvalue weighted by molar-refractivity contribution is -0.117. The summed E-state index contributed by atoms with van der Waals surface area (Å²) in [5.74, 6) is 0.0581. The number of thioether (sulfide) groups is 1. The number of nitrogens with zero attached hydrogens (tertiary/aromatic N) is 3. The first-order valence-corrected chi connectivity index (χ1v) is 8.85. The van der Waals surface area contributed by atoms with Gasteiger partial charge in [0.2, 0.25) is 5.91 Å². The molecule has 0 N–H and O–H groups in total. The molecule has 5 nitrogen and oxygen atoms in total. The molecule has 1 unspecified atom stereocenters. The Morgan fingerprint density at radius 2 is 2.00 bits per heavy atom. The van der Waals surface area contributed by atoms with Gasteiger partial charge in [-0.05, 0) is 32.9 Å². The van der Waals surface area contributed by atoms with Crippen molar-refractivity contribution in [2.45, 2.75) is 37.7 Å². The second kappa shape index (κ2) is 8.35. The van der Waals surface area contributed by atoms with Crippen LogP contribution < -0.4 is 4.90 Å². The van der Waals surface area contributed by atoms with E-state index in [2.05, 4.69) is 9.55 Å². The van der Waals surface area contributed by atoms with Gasteiger partial charge in [0.05, 0.1) is 17.6 Å². The van der Waals surface area contributed by atoms with E-state index in [1.165, 1.54) is 11.8 Å². The van der Waals surface area contributed by atoms with Crippen LogP contribution in [0.15, 0.2) is 35.5 Å². The van der Waals surface area contributed by atoms with Gasteiger partial charge in [0.1, 0.15) is 0 Å². The zero-order valence-electron chi connectivity index (χ0n) is 14.9. The van der Waals surface area contributed by atoms with Crippen LogP contribution in [-0.2, 0) is 16.1 Å². The van der Waals surface area contributed by atoms with Crippen molar-refractivity contribution < 1.29 is 9.53 Å². The third-order valence-electron chi connectivity index (χ3n) is 4.05. The maximum atomic E-state index is 12.7. The molecule has 0 spiro atoms. The van der Waals surface area contributed by atoms with Gasteiger partial charge < -0.3 is 14.2 Å². The maximum absolute atomic E-state index is 12.7. The molecule has 0 aliphatic carbocycles. The largest absolute Gasteiger partial charge is 0.383 e. The van der Waals surface area contributed by atoms with Crippen molar-refractivity contribution in [1.82, 2.24) is 9.55 Å². The highest BCUT2D eigenvalue weighted by Gasteiger charge is 2.23. The van der Waals surface area contributed by atoms with Crippen LogP contribution in [0.25, 0.3) is 0 Å². The van der Waals surface area contributed by atoms with Gasteiger partial charge in [0.15, 0.2) is 5.16 Å². The Kier molecular flexibility index (Phi) is 6.45. The molecule has 1 aromatic heterocycles. The third kappa shape index (κ3) is 4.19. The molecule has 0 saturated carbocycles. The number of benzene rings is 1. The van der Waals surface area contributed by atoms with E-state index in [1.807, 2.05) is 58.2 Å². The Bertz CT molecular complexity index is 685. The lowest BCUT2D eigenvalue weighted by atomic mass is 10.3. The Morgan fingerprint density at radius 3 is 2.62 bits per heavy atom. The van der Waals surface area contributed by atoms with Crippen LogP contribution in [-0.4, -0.2) is 41.5 Å². The molecule has 2 rings (SSSR count). The van der Waals surface area contributed by atoms with Crippen LogP contribution >= 0.6 is 11.8 Å². The number of ether oxygens (including phenoxy) is 1. The van der Waals surface area contributed by atoms with Crippen molar-refractivity contribution in [2.75, 3.05) is 25.7 Å². The highest BCUT2D eigenvalue weighted by Crippen LogP contribution is 2.27. The number of hydrogen-bond acceptors (Lipinski definition) is 4. The Hall–Kier alpha value is -1.79. The number of amides is 1. The second-order valence-corrected chi connectivity index (χ2v) is 7.01. The average Bonchev–Trinajstić information content (AvgIpc) is 2.86. The average molecular weight is 347 g/mol. The number of carbonyl (C=O) groups is 1. The van der Waals surface area contributed by atoms with E-state index in [0.717, 1.165) is 28.8 Å². The van der Waals surface area contributed by atoms with E-state index in [4.69, 9.17) is 4.74 Å². The van der Waals surface area contributed by atoms with Crippen LogP contribution in [0.3, 0.4) is 0 Å². The quantitative estimate of drug-likeness (QED) is 0.721. The molecule has 24 heavy (non-hydrogen) atoms. The first-order valence-electron chi connectivity index (χ1n) is 7.97. The van der Waals surface area contributed by atoms with Gasteiger partial charge in [-0.15, -0.1) is 0 Å². The number of aromatic nitrogens is 2. The molecule has 1 heterocycles. The van der Waals surface area contributed by atoms with Crippen molar-refractivity contribution in [3.63, 3.8) is 0 Å². The third-order valence-corrected chi connectivity index (χ3v) is 5.12.